The van der Waals surface area contributed by atoms with Crippen molar-refractivity contribution >= 4 is 5.96 Å². The zero-order valence-electron chi connectivity index (χ0n) is 9.29. The molecule has 0 saturated heterocycles. The summed E-state index contributed by atoms with van der Waals surface area (Å²) in [5, 5.41) is 0. The number of nitrogens with zero attached hydrogens (tertiary/aromatic N) is 2. The first kappa shape index (κ1) is 11.3. The van der Waals surface area contributed by atoms with Crippen LogP contribution in [0.15, 0.2) is 4.99 Å². The van der Waals surface area contributed by atoms with Gasteiger partial charge in [0.05, 0.1) is 0 Å². The van der Waals surface area contributed by atoms with Gasteiger partial charge in [0.2, 0.25) is 5.96 Å². The average molecular weight is 198 g/mol. The lowest BCUT2D eigenvalue weighted by atomic mass is 10.1. The lowest BCUT2D eigenvalue weighted by Crippen LogP contribution is -2.47. The van der Waals surface area contributed by atoms with Crippen LogP contribution in [0.3, 0.4) is 0 Å². The first-order chi connectivity index (χ1) is 6.79. The van der Waals surface area contributed by atoms with Crippen LogP contribution >= 0.6 is 0 Å². The fourth-order valence-electron chi connectivity index (χ4n) is 2.14. The SMILES string of the molecule is CN=C(NN)N(C)C1CCCCCC1. The van der Waals surface area contributed by atoms with Crippen molar-refractivity contribution in [1.29, 1.82) is 0 Å². The van der Waals surface area contributed by atoms with Gasteiger partial charge in [-0.2, -0.15) is 0 Å². The number of hydrogen-bond acceptors (Lipinski definition) is 2. The number of rotatable bonds is 1. The highest BCUT2D eigenvalue weighted by Crippen LogP contribution is 2.20. The summed E-state index contributed by atoms with van der Waals surface area (Å²) in [6.45, 7) is 0. The molecule has 0 amide bonds. The average Bonchev–Trinajstić information content (AvgIpc) is 2.47. The van der Waals surface area contributed by atoms with E-state index in [0.29, 0.717) is 6.04 Å². The molecule has 4 nitrogen and oxygen atoms in total. The molecule has 0 aromatic rings. The molecule has 1 aliphatic carbocycles. The van der Waals surface area contributed by atoms with Crippen LogP contribution in [-0.4, -0.2) is 31.0 Å². The third-order valence-electron chi connectivity index (χ3n) is 3.05. The smallest absolute Gasteiger partial charge is 0.208 e. The van der Waals surface area contributed by atoms with E-state index in [2.05, 4.69) is 22.4 Å². The second-order valence-corrected chi connectivity index (χ2v) is 3.95. The van der Waals surface area contributed by atoms with Gasteiger partial charge in [0.15, 0.2) is 0 Å². The van der Waals surface area contributed by atoms with Gasteiger partial charge < -0.3 is 4.90 Å². The normalized spacial score (nSPS) is 20.4. The Kier molecular flexibility index (Phi) is 4.73. The molecular formula is C10H22N4. The van der Waals surface area contributed by atoms with Crippen LogP contribution < -0.4 is 11.3 Å². The number of aliphatic imine (C=N–C) groups is 1. The predicted molar refractivity (Wildman–Crippen MR) is 59.9 cm³/mol. The number of nitrogens with one attached hydrogen (secondary N) is 1. The van der Waals surface area contributed by atoms with Gasteiger partial charge in [0, 0.05) is 20.1 Å². The number of nitrogens with two attached hydrogens (primary N) is 1. The summed E-state index contributed by atoms with van der Waals surface area (Å²) >= 11 is 0. The molecule has 0 bridgehead atoms. The molecule has 1 saturated carbocycles. The highest BCUT2D eigenvalue weighted by molar-refractivity contribution is 5.79. The third-order valence-corrected chi connectivity index (χ3v) is 3.05. The fraction of sp³-hybridized carbons (Fsp3) is 0.900. The molecule has 3 N–H and O–H groups in total. The molecule has 0 aromatic carbocycles. The molecule has 0 aliphatic heterocycles. The molecule has 0 heterocycles. The second kappa shape index (κ2) is 5.86. The fourth-order valence-corrected chi connectivity index (χ4v) is 2.14. The summed E-state index contributed by atoms with van der Waals surface area (Å²) in [5.41, 5.74) is 2.65. The Hall–Kier alpha value is -0.770. The molecule has 1 aliphatic rings. The zero-order chi connectivity index (χ0) is 10.4. The Bertz CT molecular complexity index is 183. The van der Waals surface area contributed by atoms with Crippen LogP contribution in [-0.2, 0) is 0 Å². The minimum Gasteiger partial charge on any atom is -0.342 e. The summed E-state index contributed by atoms with van der Waals surface area (Å²) in [5.74, 6) is 6.20. The molecule has 0 aromatic heterocycles. The van der Waals surface area contributed by atoms with Crippen LogP contribution in [0.4, 0.5) is 0 Å². The van der Waals surface area contributed by atoms with Crippen molar-refractivity contribution in [2.75, 3.05) is 14.1 Å². The monoisotopic (exact) mass is 198 g/mol. The van der Waals surface area contributed by atoms with Gasteiger partial charge in [0.25, 0.3) is 0 Å². The van der Waals surface area contributed by atoms with E-state index in [1.54, 1.807) is 7.05 Å². The molecule has 1 fully saturated rings. The molecular weight excluding hydrogens is 176 g/mol. The molecule has 14 heavy (non-hydrogen) atoms. The first-order valence-electron chi connectivity index (χ1n) is 5.46. The molecule has 1 rings (SSSR count). The van der Waals surface area contributed by atoms with Crippen LogP contribution in [0.1, 0.15) is 38.5 Å². The van der Waals surface area contributed by atoms with Crippen molar-refractivity contribution in [2.24, 2.45) is 10.8 Å². The highest BCUT2D eigenvalue weighted by atomic mass is 15.4. The van der Waals surface area contributed by atoms with Crippen LogP contribution in [0, 0.1) is 0 Å². The van der Waals surface area contributed by atoms with E-state index in [0.717, 1.165) is 5.96 Å². The lowest BCUT2D eigenvalue weighted by molar-refractivity contribution is 0.321. The lowest BCUT2D eigenvalue weighted by Gasteiger charge is -2.29. The maximum atomic E-state index is 5.41. The van der Waals surface area contributed by atoms with E-state index >= 15 is 0 Å². The third kappa shape index (κ3) is 2.87. The number of guanidine groups is 1. The first-order valence-corrected chi connectivity index (χ1v) is 5.46. The van der Waals surface area contributed by atoms with Gasteiger partial charge in [0.1, 0.15) is 0 Å². The summed E-state index contributed by atoms with van der Waals surface area (Å²) in [6, 6.07) is 0.604. The highest BCUT2D eigenvalue weighted by Gasteiger charge is 2.18. The number of hydrazine groups is 1. The predicted octanol–water partition coefficient (Wildman–Crippen LogP) is 1.09. The zero-order valence-corrected chi connectivity index (χ0v) is 9.29. The summed E-state index contributed by atoms with van der Waals surface area (Å²) in [7, 11) is 3.83. The van der Waals surface area contributed by atoms with Crippen molar-refractivity contribution in [3.63, 3.8) is 0 Å². The van der Waals surface area contributed by atoms with E-state index in [1.807, 2.05) is 0 Å². The van der Waals surface area contributed by atoms with Crippen molar-refractivity contribution in [3.8, 4) is 0 Å². The Morgan fingerprint density at radius 1 is 1.29 bits per heavy atom. The maximum Gasteiger partial charge on any atom is 0.208 e. The Morgan fingerprint density at radius 3 is 2.29 bits per heavy atom. The summed E-state index contributed by atoms with van der Waals surface area (Å²) < 4.78 is 0. The molecule has 4 heteroatoms. The minimum absolute atomic E-state index is 0.604. The summed E-state index contributed by atoms with van der Waals surface area (Å²) in [4.78, 5) is 6.29. The topological polar surface area (TPSA) is 53.6 Å². The van der Waals surface area contributed by atoms with Crippen LogP contribution in [0.5, 0.6) is 0 Å². The van der Waals surface area contributed by atoms with Gasteiger partial charge in [-0.15, -0.1) is 0 Å². The van der Waals surface area contributed by atoms with E-state index in [1.165, 1.54) is 38.5 Å². The molecule has 0 spiro atoms. The van der Waals surface area contributed by atoms with Gasteiger partial charge in [-0.3, -0.25) is 10.4 Å². The summed E-state index contributed by atoms with van der Waals surface area (Å²) in [6.07, 6.45) is 7.93. The Morgan fingerprint density at radius 2 is 1.86 bits per heavy atom. The Labute approximate surface area is 86.5 Å². The number of hydrogen-bond donors (Lipinski definition) is 2. The van der Waals surface area contributed by atoms with Crippen molar-refractivity contribution in [1.82, 2.24) is 10.3 Å². The minimum atomic E-state index is 0.604. The van der Waals surface area contributed by atoms with E-state index in [9.17, 15) is 0 Å². The molecule has 0 atom stereocenters. The van der Waals surface area contributed by atoms with E-state index in [-0.39, 0.29) is 0 Å². The van der Waals surface area contributed by atoms with Gasteiger partial charge in [-0.05, 0) is 12.8 Å². The van der Waals surface area contributed by atoms with Gasteiger partial charge in [-0.1, -0.05) is 25.7 Å². The quantitative estimate of drug-likeness (QED) is 0.218. The van der Waals surface area contributed by atoms with Crippen LogP contribution in [0.2, 0.25) is 0 Å². The van der Waals surface area contributed by atoms with E-state index < -0.39 is 0 Å². The molecule has 82 valence electrons. The van der Waals surface area contributed by atoms with E-state index in [4.69, 9.17) is 5.84 Å². The second-order valence-electron chi connectivity index (χ2n) is 3.95. The molecule has 0 unspecified atom stereocenters. The maximum absolute atomic E-state index is 5.41. The van der Waals surface area contributed by atoms with Crippen LogP contribution in [0.25, 0.3) is 0 Å². The Balaban J connectivity index is 2.52. The standard InChI is InChI=1S/C10H22N4/c1-12-10(13-11)14(2)9-7-5-3-4-6-8-9/h9H,3-8,11H2,1-2H3,(H,12,13). The largest absolute Gasteiger partial charge is 0.342 e. The van der Waals surface area contributed by atoms with Gasteiger partial charge >= 0.3 is 0 Å². The van der Waals surface area contributed by atoms with Crippen molar-refractivity contribution in [3.05, 3.63) is 0 Å². The molecule has 0 radical (unpaired) electrons. The van der Waals surface area contributed by atoms with Crippen molar-refractivity contribution < 1.29 is 0 Å². The van der Waals surface area contributed by atoms with Crippen molar-refractivity contribution in [2.45, 2.75) is 44.6 Å². The van der Waals surface area contributed by atoms with Gasteiger partial charge in [-0.25, -0.2) is 5.84 Å².